The highest BCUT2D eigenvalue weighted by Crippen LogP contribution is 1.49. The predicted octanol–water partition coefficient (Wildman–Crippen LogP) is -27.5. The Balaban J connectivity index is -0.0000000900. The molecule has 0 unspecified atom stereocenters. The molecule has 6 aromatic heterocycles. The number of hydrogen-bond donors (Lipinski definition) is 12. The van der Waals surface area contributed by atoms with Gasteiger partial charge in [-0.05, 0) is 0 Å². The third-order valence-corrected chi connectivity index (χ3v) is 2.83. The minimum absolute atomic E-state index is 0. The van der Waals surface area contributed by atoms with Gasteiger partial charge in [0.15, 0.2) is 0 Å². The smallest absolute Gasteiger partial charge is 0.286 e. The van der Waals surface area contributed by atoms with Gasteiger partial charge in [-0.2, -0.15) is 0 Å². The Labute approximate surface area is 229 Å². The number of H-pyrrole nitrogens is 6. The molecule has 6 heterocycles. The van der Waals surface area contributed by atoms with Crippen molar-refractivity contribution in [3.8, 4) is 0 Å². The SMILES string of the molecule is N[n+]1cn[nH]c1.N[n+]1cn[nH]c1.N[n+]1cn[nH]c1.N[n+]1cn[nH]c1.N[n+]1cn[nH]c1.N[n+]1cn[nH]c1.[F-].[F-].[F-].[F-].[F-].[F-]. The van der Waals surface area contributed by atoms with Gasteiger partial charge in [-0.3, -0.25) is 35.1 Å². The molecule has 0 saturated carbocycles. The average Bonchev–Trinajstić information content (AvgIpc) is 3.67. The van der Waals surface area contributed by atoms with E-state index in [1.807, 2.05) is 0 Å². The Morgan fingerprint density at radius 1 is 0.286 bits per heavy atom. The van der Waals surface area contributed by atoms with Gasteiger partial charge in [0.1, 0.15) is 0 Å². The van der Waals surface area contributed by atoms with Crippen LogP contribution in [0.2, 0.25) is 0 Å². The quantitative estimate of drug-likeness (QED) is 0.0426. The zero-order valence-corrected chi connectivity index (χ0v) is 21.0. The zero-order chi connectivity index (χ0) is 26.4. The summed E-state index contributed by atoms with van der Waals surface area (Å²) in [5.74, 6) is 30.6. The summed E-state index contributed by atoms with van der Waals surface area (Å²) >= 11 is 0. The Bertz CT molecular complexity index is 930. The molecule has 0 aliphatic carbocycles. The van der Waals surface area contributed by atoms with Crippen molar-refractivity contribution in [3.63, 3.8) is 0 Å². The molecule has 6 aromatic rings. The summed E-state index contributed by atoms with van der Waals surface area (Å²) in [5, 5.41) is 36.3. The first-order valence-electron chi connectivity index (χ1n) is 9.27. The lowest BCUT2D eigenvalue weighted by Crippen LogP contribution is -3.00. The van der Waals surface area contributed by atoms with Gasteiger partial charge < -0.3 is 28.2 Å². The molecule has 24 nitrogen and oxygen atoms in total. The van der Waals surface area contributed by atoms with Crippen molar-refractivity contribution in [2.75, 3.05) is 35.1 Å². The Kier molecular flexibility index (Phi) is 35.0. The van der Waals surface area contributed by atoms with Crippen molar-refractivity contribution in [1.82, 2.24) is 61.2 Å². The van der Waals surface area contributed by atoms with E-state index >= 15 is 0 Å². The molecule has 0 saturated heterocycles. The van der Waals surface area contributed by atoms with Crippen LogP contribution in [0.3, 0.4) is 0 Å². The van der Waals surface area contributed by atoms with Gasteiger partial charge in [0, 0.05) is 30.6 Å². The summed E-state index contributed by atoms with van der Waals surface area (Å²) < 4.78 is 8.00. The number of hydrogen-bond acceptors (Lipinski definition) is 12. The van der Waals surface area contributed by atoms with Crippen LogP contribution < -0.4 is 91.3 Å². The minimum atomic E-state index is 0. The molecular formula is C12H30F6N24. The monoisotopic (exact) mass is 624 g/mol. The maximum Gasteiger partial charge on any atom is 0.286 e. The maximum atomic E-state index is 5.10. The van der Waals surface area contributed by atoms with Gasteiger partial charge in [0.25, 0.3) is 38.0 Å². The van der Waals surface area contributed by atoms with Crippen LogP contribution in [-0.2, 0) is 0 Å². The first-order valence-corrected chi connectivity index (χ1v) is 9.27. The van der Waals surface area contributed by atoms with Crippen molar-refractivity contribution in [3.05, 3.63) is 75.9 Å². The number of nitrogens with zero attached hydrogens (tertiary/aromatic N) is 12. The van der Waals surface area contributed by atoms with Crippen LogP contribution in [0.15, 0.2) is 75.9 Å². The highest BCUT2D eigenvalue weighted by molar-refractivity contribution is 4.29. The second kappa shape index (κ2) is 30.4. The summed E-state index contributed by atoms with van der Waals surface area (Å²) in [5.41, 5.74) is 0. The van der Waals surface area contributed by atoms with Crippen molar-refractivity contribution in [1.29, 1.82) is 0 Å². The molecule has 240 valence electrons. The molecule has 6 rings (SSSR count). The van der Waals surface area contributed by atoms with Crippen LogP contribution in [0.1, 0.15) is 0 Å². The molecule has 0 amide bonds. The molecule has 42 heavy (non-hydrogen) atoms. The largest absolute Gasteiger partial charge is 1.00 e. The van der Waals surface area contributed by atoms with Gasteiger partial charge in [0.2, 0.25) is 38.0 Å². The molecular weight excluding hydrogens is 594 g/mol. The second-order valence-corrected chi connectivity index (χ2v) is 5.70. The van der Waals surface area contributed by atoms with Gasteiger partial charge in [-0.25, -0.2) is 0 Å². The van der Waals surface area contributed by atoms with Crippen LogP contribution in [-0.4, -0.2) is 61.2 Å². The number of nitrogens with two attached hydrogens (primary N) is 6. The minimum Gasteiger partial charge on any atom is -1.00 e. The third-order valence-electron chi connectivity index (χ3n) is 2.83. The summed E-state index contributed by atoms with van der Waals surface area (Å²) in [6, 6.07) is 0. The number of aromatic amines is 6. The maximum absolute atomic E-state index is 5.10. The standard InChI is InChI=1S/6C2H4N4.6FH/c6*3-6-1-4-5-2-6;;;;;;/h6*1-2H,3H2;6*1H. The van der Waals surface area contributed by atoms with Crippen LogP contribution in [0.25, 0.3) is 0 Å². The molecule has 18 N–H and O–H groups in total. The lowest BCUT2D eigenvalue weighted by atomic mass is 11.3. The lowest BCUT2D eigenvalue weighted by molar-refractivity contribution is -0.639. The highest BCUT2D eigenvalue weighted by Gasteiger charge is 1.84. The molecule has 0 aromatic carbocycles. The van der Waals surface area contributed by atoms with Crippen LogP contribution in [0.4, 0.5) is 0 Å². The van der Waals surface area contributed by atoms with Gasteiger partial charge in [-0.15, -0.1) is 58.6 Å². The van der Waals surface area contributed by atoms with E-state index in [0.717, 1.165) is 0 Å². The van der Waals surface area contributed by atoms with Crippen molar-refractivity contribution < 1.29 is 56.3 Å². The molecule has 0 aliphatic rings. The second-order valence-electron chi connectivity index (χ2n) is 5.70. The van der Waals surface area contributed by atoms with Crippen LogP contribution in [0.5, 0.6) is 0 Å². The molecule has 30 heteroatoms. The van der Waals surface area contributed by atoms with Crippen molar-refractivity contribution in [2.24, 2.45) is 0 Å². The Morgan fingerprint density at radius 2 is 0.405 bits per heavy atom. The fraction of sp³-hybridized carbons (Fsp3) is 0. The van der Waals surface area contributed by atoms with Gasteiger partial charge >= 0.3 is 0 Å². The summed E-state index contributed by atoms with van der Waals surface area (Å²) in [6.07, 6.45) is 18.1. The van der Waals surface area contributed by atoms with E-state index in [2.05, 4.69) is 61.2 Å². The van der Waals surface area contributed by atoms with E-state index in [1.54, 1.807) is 38.0 Å². The van der Waals surface area contributed by atoms with Crippen LogP contribution in [0, 0.1) is 0 Å². The van der Waals surface area contributed by atoms with E-state index < -0.39 is 0 Å². The topological polar surface area (TPSA) is 351 Å². The lowest BCUT2D eigenvalue weighted by Gasteiger charge is -1.67. The van der Waals surface area contributed by atoms with Crippen molar-refractivity contribution >= 4 is 0 Å². The molecule has 0 radical (unpaired) electrons. The van der Waals surface area contributed by atoms with E-state index in [1.165, 1.54) is 66.0 Å². The Hall–Kier alpha value is -6.78. The first-order chi connectivity index (χ1) is 17.4. The van der Waals surface area contributed by atoms with E-state index in [9.17, 15) is 0 Å². The van der Waals surface area contributed by atoms with Gasteiger partial charge in [0.05, 0.1) is 0 Å². The predicted molar refractivity (Wildman–Crippen MR) is 114 cm³/mol. The number of nitrogens with one attached hydrogen (secondary N) is 6. The molecule has 0 aliphatic heterocycles. The van der Waals surface area contributed by atoms with Gasteiger partial charge in [-0.1, -0.05) is 0 Å². The summed E-state index contributed by atoms with van der Waals surface area (Å²) in [4.78, 5) is 0. The Morgan fingerprint density at radius 3 is 0.429 bits per heavy atom. The fourth-order valence-electron chi connectivity index (χ4n) is 1.40. The van der Waals surface area contributed by atoms with E-state index in [4.69, 9.17) is 35.1 Å². The normalized spacial score (nSPS) is 7.43. The number of halogens is 6. The highest BCUT2D eigenvalue weighted by atomic mass is 19.0. The first kappa shape index (κ1) is 48.3. The summed E-state index contributed by atoms with van der Waals surface area (Å²) in [7, 11) is 0. The molecule has 0 bridgehead atoms. The molecule has 0 spiro atoms. The number of aromatic nitrogens is 18. The summed E-state index contributed by atoms with van der Waals surface area (Å²) in [6.45, 7) is 0. The number of nitrogen functional groups attached to an aromatic ring is 6. The average molecular weight is 625 g/mol. The van der Waals surface area contributed by atoms with E-state index in [-0.39, 0.29) is 28.2 Å². The van der Waals surface area contributed by atoms with Crippen molar-refractivity contribution in [2.45, 2.75) is 0 Å². The van der Waals surface area contributed by atoms with E-state index in [0.29, 0.717) is 0 Å². The molecule has 0 atom stereocenters. The van der Waals surface area contributed by atoms with Crippen LogP contribution >= 0.6 is 0 Å². The third kappa shape index (κ3) is 27.8. The fourth-order valence-corrected chi connectivity index (χ4v) is 1.40. The zero-order valence-electron chi connectivity index (χ0n) is 21.0. The number of rotatable bonds is 0. The molecule has 0 fully saturated rings.